The van der Waals surface area contributed by atoms with Crippen LogP contribution >= 0.6 is 0 Å². The Morgan fingerprint density at radius 2 is 2.09 bits per heavy atom. The molecular formula is C24H27N9O2. The summed E-state index contributed by atoms with van der Waals surface area (Å²) in [7, 11) is 0. The fourth-order valence-electron chi connectivity index (χ4n) is 4.60. The number of H-pyrrole nitrogens is 1. The number of carbonyl (C=O) groups is 1. The molecule has 11 nitrogen and oxygen atoms in total. The standard InChI is InChI=1S/C24H27N9O2/c25-11-16-10-17(16)13-35-24-29-21(22(34)27-12-14-3-4-14)28-23(30-24)33-8-5-15(6-9-33)19-18-2-1-7-26-20(18)32-31-19/h1-2,7,14-17H,3-6,8-10,12-13H2,(H,27,34)(H,26,31,32)/t16?,17-/m1/s1. The van der Waals surface area contributed by atoms with Crippen molar-refractivity contribution in [2.24, 2.45) is 17.8 Å². The van der Waals surface area contributed by atoms with Crippen molar-refractivity contribution in [3.63, 3.8) is 0 Å². The number of ether oxygens (including phenoxy) is 1. The predicted molar refractivity (Wildman–Crippen MR) is 126 cm³/mol. The molecule has 2 aliphatic carbocycles. The Labute approximate surface area is 202 Å². The molecule has 4 heterocycles. The van der Waals surface area contributed by atoms with Gasteiger partial charge in [0.1, 0.15) is 0 Å². The van der Waals surface area contributed by atoms with Crippen molar-refractivity contribution in [1.29, 1.82) is 5.26 Å². The number of nitrogens with zero attached hydrogens (tertiary/aromatic N) is 7. The van der Waals surface area contributed by atoms with Crippen molar-refractivity contribution in [3.05, 3.63) is 29.8 Å². The van der Waals surface area contributed by atoms with Crippen molar-refractivity contribution >= 4 is 22.9 Å². The minimum absolute atomic E-state index is 0.0324. The number of anilines is 1. The van der Waals surface area contributed by atoms with Crippen LogP contribution in [0.2, 0.25) is 0 Å². The third-order valence-electron chi connectivity index (χ3n) is 7.10. The van der Waals surface area contributed by atoms with Gasteiger partial charge in [-0.05, 0) is 50.2 Å². The number of nitriles is 1. The number of hydrogen-bond acceptors (Lipinski definition) is 9. The lowest BCUT2D eigenvalue weighted by Gasteiger charge is -2.31. The second kappa shape index (κ2) is 9.09. The van der Waals surface area contributed by atoms with E-state index in [9.17, 15) is 4.79 Å². The monoisotopic (exact) mass is 473 g/mol. The minimum Gasteiger partial charge on any atom is -0.463 e. The summed E-state index contributed by atoms with van der Waals surface area (Å²) in [4.78, 5) is 32.5. The molecule has 0 bridgehead atoms. The molecular weight excluding hydrogens is 446 g/mol. The highest BCUT2D eigenvalue weighted by atomic mass is 16.5. The minimum atomic E-state index is -0.308. The first-order valence-electron chi connectivity index (χ1n) is 12.3. The van der Waals surface area contributed by atoms with Crippen LogP contribution in [0.3, 0.4) is 0 Å². The maximum Gasteiger partial charge on any atom is 0.321 e. The van der Waals surface area contributed by atoms with Crippen LogP contribution in [-0.4, -0.2) is 62.3 Å². The Morgan fingerprint density at radius 3 is 2.86 bits per heavy atom. The zero-order chi connectivity index (χ0) is 23.8. The van der Waals surface area contributed by atoms with Gasteiger partial charge in [-0.3, -0.25) is 9.89 Å². The molecule has 0 spiro atoms. The molecule has 1 amide bonds. The number of aromatic amines is 1. The summed E-state index contributed by atoms with van der Waals surface area (Å²) < 4.78 is 5.81. The van der Waals surface area contributed by atoms with E-state index in [4.69, 9.17) is 10.00 Å². The summed E-state index contributed by atoms with van der Waals surface area (Å²) in [5.41, 5.74) is 1.85. The van der Waals surface area contributed by atoms with Crippen LogP contribution in [-0.2, 0) is 0 Å². The smallest absolute Gasteiger partial charge is 0.321 e. The lowest BCUT2D eigenvalue weighted by molar-refractivity contribution is 0.0939. The summed E-state index contributed by atoms with van der Waals surface area (Å²) in [6.07, 6.45) is 6.64. The Morgan fingerprint density at radius 1 is 1.23 bits per heavy atom. The summed E-state index contributed by atoms with van der Waals surface area (Å²) in [5.74, 6) is 1.31. The first kappa shape index (κ1) is 21.7. The molecule has 3 aliphatic rings. The van der Waals surface area contributed by atoms with Gasteiger partial charge in [-0.1, -0.05) is 0 Å². The van der Waals surface area contributed by atoms with E-state index >= 15 is 0 Å². The lowest BCUT2D eigenvalue weighted by atomic mass is 9.92. The number of pyridine rings is 1. The number of nitrogens with one attached hydrogen (secondary N) is 2. The van der Waals surface area contributed by atoms with E-state index in [0.717, 1.165) is 61.9 Å². The first-order chi connectivity index (χ1) is 17.2. The molecule has 1 aliphatic heterocycles. The van der Waals surface area contributed by atoms with E-state index in [1.165, 1.54) is 0 Å². The summed E-state index contributed by atoms with van der Waals surface area (Å²) in [6, 6.07) is 6.38. The number of amides is 1. The highest BCUT2D eigenvalue weighted by Crippen LogP contribution is 2.38. The number of rotatable bonds is 8. The average Bonchev–Trinajstić information content (AvgIpc) is 3.83. The van der Waals surface area contributed by atoms with Crippen LogP contribution in [0.5, 0.6) is 6.01 Å². The predicted octanol–water partition coefficient (Wildman–Crippen LogP) is 2.21. The molecule has 1 saturated heterocycles. The average molecular weight is 474 g/mol. The highest BCUT2D eigenvalue weighted by molar-refractivity contribution is 5.90. The van der Waals surface area contributed by atoms with Crippen molar-refractivity contribution in [2.75, 3.05) is 31.1 Å². The van der Waals surface area contributed by atoms with Gasteiger partial charge < -0.3 is 15.0 Å². The third-order valence-corrected chi connectivity index (χ3v) is 7.10. The molecule has 2 atom stereocenters. The topological polar surface area (TPSA) is 146 Å². The second-order valence-corrected chi connectivity index (χ2v) is 9.71. The van der Waals surface area contributed by atoms with Crippen LogP contribution in [0.25, 0.3) is 11.0 Å². The molecule has 3 aromatic heterocycles. The number of hydrogen-bond donors (Lipinski definition) is 2. The third kappa shape index (κ3) is 4.73. The summed E-state index contributed by atoms with van der Waals surface area (Å²) >= 11 is 0. The van der Waals surface area contributed by atoms with Gasteiger partial charge in [0.2, 0.25) is 11.8 Å². The number of aromatic nitrogens is 6. The van der Waals surface area contributed by atoms with Gasteiger partial charge in [0, 0.05) is 43.1 Å². The van der Waals surface area contributed by atoms with Crippen molar-refractivity contribution < 1.29 is 9.53 Å². The lowest BCUT2D eigenvalue weighted by Crippen LogP contribution is -2.35. The summed E-state index contributed by atoms with van der Waals surface area (Å²) in [6.45, 7) is 2.46. The summed E-state index contributed by atoms with van der Waals surface area (Å²) in [5, 5.41) is 20.6. The zero-order valence-corrected chi connectivity index (χ0v) is 19.4. The molecule has 1 unspecified atom stereocenters. The van der Waals surface area contributed by atoms with Crippen LogP contribution in [0.15, 0.2) is 18.3 Å². The Kier molecular flexibility index (Phi) is 5.64. The van der Waals surface area contributed by atoms with Crippen LogP contribution < -0.4 is 15.0 Å². The maximum atomic E-state index is 12.7. The van der Waals surface area contributed by atoms with Gasteiger partial charge in [0.25, 0.3) is 5.91 Å². The van der Waals surface area contributed by atoms with Gasteiger partial charge in [0.05, 0.1) is 24.3 Å². The Hall–Kier alpha value is -3.81. The fourth-order valence-corrected chi connectivity index (χ4v) is 4.60. The SMILES string of the molecule is N#CC1C[C@@H]1COc1nc(C(=O)NCC2CC2)nc(N2CCC(c3n[nH]c4ncccc34)CC2)n1. The van der Waals surface area contributed by atoms with Gasteiger partial charge >= 0.3 is 6.01 Å². The molecule has 0 aromatic carbocycles. The van der Waals surface area contributed by atoms with E-state index in [0.29, 0.717) is 30.9 Å². The largest absolute Gasteiger partial charge is 0.463 e. The van der Waals surface area contributed by atoms with Gasteiger partial charge in [-0.2, -0.15) is 25.3 Å². The molecule has 2 N–H and O–H groups in total. The normalized spacial score (nSPS) is 22.1. The van der Waals surface area contributed by atoms with Gasteiger partial charge in [-0.15, -0.1) is 0 Å². The number of carbonyl (C=O) groups excluding carboxylic acids is 1. The van der Waals surface area contributed by atoms with E-state index in [1.807, 2.05) is 12.1 Å². The molecule has 3 fully saturated rings. The van der Waals surface area contributed by atoms with Crippen LogP contribution in [0, 0.1) is 29.1 Å². The molecule has 180 valence electrons. The molecule has 2 saturated carbocycles. The Bertz CT molecular complexity index is 1270. The number of piperidine rings is 1. The van der Waals surface area contributed by atoms with Gasteiger partial charge in [0.15, 0.2) is 5.65 Å². The Balaban J connectivity index is 1.17. The molecule has 6 rings (SSSR count). The second-order valence-electron chi connectivity index (χ2n) is 9.71. The maximum absolute atomic E-state index is 12.7. The van der Waals surface area contributed by atoms with E-state index in [-0.39, 0.29) is 29.6 Å². The van der Waals surface area contributed by atoms with Crippen molar-refractivity contribution in [2.45, 2.75) is 38.0 Å². The van der Waals surface area contributed by atoms with E-state index in [2.05, 4.69) is 46.4 Å². The number of fused-ring (bicyclic) bond motifs is 1. The quantitative estimate of drug-likeness (QED) is 0.503. The molecule has 35 heavy (non-hydrogen) atoms. The molecule has 11 heteroatoms. The fraction of sp³-hybridized carbons (Fsp3) is 0.542. The van der Waals surface area contributed by atoms with Crippen LogP contribution in [0.1, 0.15) is 54.3 Å². The van der Waals surface area contributed by atoms with Crippen LogP contribution in [0.4, 0.5) is 5.95 Å². The molecule has 0 radical (unpaired) electrons. The molecule has 3 aromatic rings. The van der Waals surface area contributed by atoms with Crippen molar-refractivity contribution in [3.8, 4) is 12.1 Å². The zero-order valence-electron chi connectivity index (χ0n) is 19.4. The van der Waals surface area contributed by atoms with Gasteiger partial charge in [-0.25, -0.2) is 4.98 Å². The highest BCUT2D eigenvalue weighted by Gasteiger charge is 2.38. The van der Waals surface area contributed by atoms with E-state index < -0.39 is 0 Å². The first-order valence-corrected chi connectivity index (χ1v) is 12.3. The van der Waals surface area contributed by atoms with Crippen molar-refractivity contribution in [1.82, 2.24) is 35.5 Å². The van der Waals surface area contributed by atoms with E-state index in [1.54, 1.807) is 6.20 Å².